The summed E-state index contributed by atoms with van der Waals surface area (Å²) < 4.78 is 0. The van der Waals surface area contributed by atoms with Gasteiger partial charge in [0.2, 0.25) is 0 Å². The number of non-ortho nitro benzene ring substituents is 1. The lowest BCUT2D eigenvalue weighted by Crippen LogP contribution is -2.41. The van der Waals surface area contributed by atoms with Crippen molar-refractivity contribution in [1.82, 2.24) is 10.9 Å². The summed E-state index contributed by atoms with van der Waals surface area (Å²) in [5, 5.41) is 10.8. The Kier molecular flexibility index (Phi) is 5.18. The Labute approximate surface area is 143 Å². The summed E-state index contributed by atoms with van der Waals surface area (Å²) in [6.07, 6.45) is 0. The molecule has 9 nitrogen and oxygen atoms in total. The quantitative estimate of drug-likeness (QED) is 0.436. The molecular weight excluding hydrogens is 326 g/mol. The number of rotatable bonds is 4. The molecule has 0 saturated heterocycles. The monoisotopic (exact) mass is 343 g/mol. The molecule has 0 aliphatic rings. The lowest BCUT2D eigenvalue weighted by molar-refractivity contribution is -0.384. The maximum absolute atomic E-state index is 12.1. The molecule has 0 fully saturated rings. The van der Waals surface area contributed by atoms with E-state index in [-0.39, 0.29) is 16.9 Å². The summed E-state index contributed by atoms with van der Waals surface area (Å²) in [7, 11) is 3.75. The zero-order valence-electron chi connectivity index (χ0n) is 13.6. The average molecular weight is 343 g/mol. The largest absolute Gasteiger partial charge is 0.398 e. The number of carbonyl (C=O) groups is 2. The average Bonchev–Trinajstić information content (AvgIpc) is 2.59. The molecule has 0 radical (unpaired) electrons. The van der Waals surface area contributed by atoms with Crippen LogP contribution in [-0.2, 0) is 0 Å². The van der Waals surface area contributed by atoms with E-state index < -0.39 is 16.7 Å². The number of nitro benzene ring substituents is 1. The van der Waals surface area contributed by atoms with Crippen molar-refractivity contribution in [3.05, 3.63) is 63.7 Å². The molecule has 130 valence electrons. The highest BCUT2D eigenvalue weighted by atomic mass is 16.6. The Morgan fingerprint density at radius 1 is 1.04 bits per heavy atom. The third kappa shape index (κ3) is 4.22. The maximum Gasteiger partial charge on any atom is 0.272 e. The number of amides is 2. The predicted molar refractivity (Wildman–Crippen MR) is 93.2 cm³/mol. The van der Waals surface area contributed by atoms with Gasteiger partial charge in [-0.15, -0.1) is 0 Å². The molecule has 2 aromatic carbocycles. The van der Waals surface area contributed by atoms with Crippen molar-refractivity contribution in [3.8, 4) is 0 Å². The zero-order valence-corrected chi connectivity index (χ0v) is 13.6. The molecule has 0 saturated carbocycles. The van der Waals surface area contributed by atoms with Gasteiger partial charge >= 0.3 is 0 Å². The van der Waals surface area contributed by atoms with Crippen LogP contribution in [0.5, 0.6) is 0 Å². The first-order valence-electron chi connectivity index (χ1n) is 7.21. The number of anilines is 2. The Bertz CT molecular complexity index is 818. The van der Waals surface area contributed by atoms with Crippen LogP contribution in [0.25, 0.3) is 0 Å². The number of hydrogen-bond acceptors (Lipinski definition) is 6. The molecule has 0 aliphatic heterocycles. The minimum atomic E-state index is -0.750. The van der Waals surface area contributed by atoms with Gasteiger partial charge in [0.25, 0.3) is 17.5 Å². The van der Waals surface area contributed by atoms with Gasteiger partial charge < -0.3 is 10.6 Å². The van der Waals surface area contributed by atoms with E-state index in [0.717, 1.165) is 11.8 Å². The molecule has 25 heavy (non-hydrogen) atoms. The Balaban J connectivity index is 2.05. The fraction of sp³-hybridized carbons (Fsp3) is 0.125. The van der Waals surface area contributed by atoms with Crippen molar-refractivity contribution in [2.75, 3.05) is 24.7 Å². The Morgan fingerprint density at radius 2 is 1.64 bits per heavy atom. The summed E-state index contributed by atoms with van der Waals surface area (Å²) >= 11 is 0. The normalized spacial score (nSPS) is 10.0. The molecule has 0 atom stereocenters. The van der Waals surface area contributed by atoms with Crippen LogP contribution in [0.15, 0.2) is 42.5 Å². The lowest BCUT2D eigenvalue weighted by Gasteiger charge is -2.13. The highest BCUT2D eigenvalue weighted by Crippen LogP contribution is 2.19. The molecular formula is C16H17N5O4. The van der Waals surface area contributed by atoms with Crippen LogP contribution in [0, 0.1) is 10.1 Å². The first kappa shape index (κ1) is 17.7. The van der Waals surface area contributed by atoms with Gasteiger partial charge in [-0.3, -0.25) is 30.6 Å². The number of nitro groups is 1. The Morgan fingerprint density at radius 3 is 2.20 bits per heavy atom. The number of carbonyl (C=O) groups excluding carboxylic acids is 2. The zero-order chi connectivity index (χ0) is 18.6. The summed E-state index contributed by atoms with van der Waals surface area (Å²) in [4.78, 5) is 36.1. The van der Waals surface area contributed by atoms with Crippen LogP contribution in [0.4, 0.5) is 17.1 Å². The summed E-state index contributed by atoms with van der Waals surface area (Å²) in [5.74, 6) is -1.28. The van der Waals surface area contributed by atoms with Gasteiger partial charge in [0.15, 0.2) is 0 Å². The third-order valence-corrected chi connectivity index (χ3v) is 3.43. The number of hydrogen-bond donors (Lipinski definition) is 3. The number of hydrazine groups is 1. The van der Waals surface area contributed by atoms with E-state index >= 15 is 0 Å². The number of nitrogen functional groups attached to an aromatic ring is 1. The van der Waals surface area contributed by atoms with Crippen molar-refractivity contribution in [2.45, 2.75) is 0 Å². The van der Waals surface area contributed by atoms with Crippen molar-refractivity contribution in [1.29, 1.82) is 0 Å². The standard InChI is InChI=1S/C16H17N5O4/c1-20(2)11-5-3-10(4-6-11)15(22)18-19-16(23)13-9-12(21(24)25)7-8-14(13)17/h3-9H,17H2,1-2H3,(H,18,22)(H,19,23). The SMILES string of the molecule is CN(C)c1ccc(C(=O)NNC(=O)c2cc([N+](=O)[O-])ccc2N)cc1. The molecule has 0 aliphatic carbocycles. The third-order valence-electron chi connectivity index (χ3n) is 3.43. The van der Waals surface area contributed by atoms with E-state index in [9.17, 15) is 19.7 Å². The van der Waals surface area contributed by atoms with Gasteiger partial charge in [0.1, 0.15) is 0 Å². The fourth-order valence-corrected chi connectivity index (χ4v) is 2.02. The van der Waals surface area contributed by atoms with E-state index in [2.05, 4.69) is 10.9 Å². The van der Waals surface area contributed by atoms with E-state index in [1.807, 2.05) is 19.0 Å². The Hall–Kier alpha value is -3.62. The molecule has 2 rings (SSSR count). The van der Waals surface area contributed by atoms with Crippen molar-refractivity contribution >= 4 is 28.9 Å². The van der Waals surface area contributed by atoms with Crippen LogP contribution in [0.3, 0.4) is 0 Å². The molecule has 0 unspecified atom stereocenters. The second kappa shape index (κ2) is 7.30. The molecule has 0 spiro atoms. The van der Waals surface area contributed by atoms with Crippen LogP contribution in [0.1, 0.15) is 20.7 Å². The van der Waals surface area contributed by atoms with E-state index in [1.54, 1.807) is 24.3 Å². The minimum absolute atomic E-state index is 0.0627. The van der Waals surface area contributed by atoms with E-state index in [0.29, 0.717) is 5.56 Å². The van der Waals surface area contributed by atoms with Gasteiger partial charge in [-0.2, -0.15) is 0 Å². The molecule has 0 heterocycles. The topological polar surface area (TPSA) is 131 Å². The van der Waals surface area contributed by atoms with Gasteiger partial charge in [-0.05, 0) is 30.3 Å². The molecule has 2 aromatic rings. The predicted octanol–water partition coefficient (Wildman–Crippen LogP) is 1.32. The number of nitrogens with zero attached hydrogens (tertiary/aromatic N) is 2. The number of nitrogens with one attached hydrogen (secondary N) is 2. The van der Waals surface area contributed by atoms with Gasteiger partial charge in [-0.25, -0.2) is 0 Å². The highest BCUT2D eigenvalue weighted by molar-refractivity contribution is 6.02. The summed E-state index contributed by atoms with van der Waals surface area (Å²) in [6.45, 7) is 0. The van der Waals surface area contributed by atoms with Crippen molar-refractivity contribution < 1.29 is 14.5 Å². The highest BCUT2D eigenvalue weighted by Gasteiger charge is 2.16. The smallest absolute Gasteiger partial charge is 0.272 e. The van der Waals surface area contributed by atoms with E-state index in [1.165, 1.54) is 12.1 Å². The van der Waals surface area contributed by atoms with Gasteiger partial charge in [0.05, 0.1) is 10.5 Å². The second-order valence-electron chi connectivity index (χ2n) is 5.38. The molecule has 4 N–H and O–H groups in total. The maximum atomic E-state index is 12.1. The second-order valence-corrected chi connectivity index (χ2v) is 5.38. The molecule has 2 amide bonds. The van der Waals surface area contributed by atoms with Crippen molar-refractivity contribution in [2.24, 2.45) is 0 Å². The van der Waals surface area contributed by atoms with E-state index in [4.69, 9.17) is 5.73 Å². The summed E-state index contributed by atoms with van der Waals surface area (Å²) in [5.41, 5.74) is 11.0. The van der Waals surface area contributed by atoms with Crippen LogP contribution >= 0.6 is 0 Å². The van der Waals surface area contributed by atoms with Crippen LogP contribution < -0.4 is 21.5 Å². The first-order chi connectivity index (χ1) is 11.8. The number of nitrogens with two attached hydrogens (primary N) is 1. The van der Waals surface area contributed by atoms with Crippen molar-refractivity contribution in [3.63, 3.8) is 0 Å². The van der Waals surface area contributed by atoms with Gasteiger partial charge in [-0.1, -0.05) is 0 Å². The first-order valence-corrected chi connectivity index (χ1v) is 7.21. The lowest BCUT2D eigenvalue weighted by atomic mass is 10.1. The minimum Gasteiger partial charge on any atom is -0.398 e. The molecule has 9 heteroatoms. The van der Waals surface area contributed by atoms with Crippen LogP contribution in [0.2, 0.25) is 0 Å². The summed E-state index contributed by atoms with van der Waals surface area (Å²) in [6, 6.07) is 10.2. The van der Waals surface area contributed by atoms with Gasteiger partial charge in [0, 0.05) is 43.2 Å². The van der Waals surface area contributed by atoms with Crippen LogP contribution in [-0.4, -0.2) is 30.8 Å². The molecule has 0 aromatic heterocycles. The molecule has 0 bridgehead atoms. The fourth-order valence-electron chi connectivity index (χ4n) is 2.02. The number of benzene rings is 2.